The van der Waals surface area contributed by atoms with Crippen LogP contribution in [0, 0.1) is 17.0 Å². The predicted octanol–water partition coefficient (Wildman–Crippen LogP) is 6.72. The lowest BCUT2D eigenvalue weighted by molar-refractivity contribution is -0.0857. The number of hydrogen-bond donors (Lipinski definition) is 2. The fourth-order valence-electron chi connectivity index (χ4n) is 7.48. The van der Waals surface area contributed by atoms with Gasteiger partial charge in [-0.15, -0.1) is 0 Å². The zero-order valence-corrected chi connectivity index (χ0v) is 23.9. The van der Waals surface area contributed by atoms with Gasteiger partial charge in [0.05, 0.1) is 11.7 Å². The summed E-state index contributed by atoms with van der Waals surface area (Å²) in [6.45, 7) is 6.92. The number of carbonyl (C=O) groups is 1. The van der Waals surface area contributed by atoms with Crippen LogP contribution in [0.25, 0.3) is 0 Å². The van der Waals surface area contributed by atoms with Crippen molar-refractivity contribution in [3.05, 3.63) is 81.9 Å². The van der Waals surface area contributed by atoms with Gasteiger partial charge in [-0.2, -0.15) is 0 Å². The number of aliphatic hydroxyl groups excluding tert-OH is 1. The van der Waals surface area contributed by atoms with Crippen LogP contribution in [-0.2, 0) is 6.42 Å². The summed E-state index contributed by atoms with van der Waals surface area (Å²) >= 11 is 0. The molecule has 4 atom stereocenters. The Hall–Kier alpha value is -2.41. The maximum absolute atomic E-state index is 14.2. The minimum Gasteiger partial charge on any atom is -0.393 e. The van der Waals surface area contributed by atoms with Crippen molar-refractivity contribution < 1.29 is 23.8 Å². The first-order chi connectivity index (χ1) is 19.1. The Bertz CT molecular complexity index is 1270. The van der Waals surface area contributed by atoms with Gasteiger partial charge in [-0.25, -0.2) is 8.78 Å². The van der Waals surface area contributed by atoms with E-state index in [0.29, 0.717) is 31.4 Å². The number of halogens is 2. The number of carbonyl (C=O) groups excluding carboxylic acids is 1. The van der Waals surface area contributed by atoms with Gasteiger partial charge in [-0.1, -0.05) is 37.1 Å². The molecule has 0 aromatic heterocycles. The molecule has 0 radical (unpaired) electrons. The molecular formula is C34H43F2NO3. The molecule has 2 fully saturated rings. The molecule has 2 bridgehead atoms. The van der Waals surface area contributed by atoms with Crippen LogP contribution in [0.4, 0.5) is 8.78 Å². The third kappa shape index (κ3) is 5.81. The Morgan fingerprint density at radius 2 is 1.80 bits per heavy atom. The Kier molecular flexibility index (Phi) is 8.61. The summed E-state index contributed by atoms with van der Waals surface area (Å²) in [5.74, 6) is -2.48. The molecule has 216 valence electrons. The highest BCUT2D eigenvalue weighted by Crippen LogP contribution is 2.59. The van der Waals surface area contributed by atoms with E-state index in [-0.39, 0.29) is 17.3 Å². The van der Waals surface area contributed by atoms with Crippen LogP contribution in [-0.4, -0.2) is 52.2 Å². The molecule has 1 heterocycles. The fourth-order valence-corrected chi connectivity index (χ4v) is 7.48. The van der Waals surface area contributed by atoms with Crippen LogP contribution < -0.4 is 0 Å². The van der Waals surface area contributed by atoms with Gasteiger partial charge < -0.3 is 15.1 Å². The van der Waals surface area contributed by atoms with Crippen LogP contribution in [0.2, 0.25) is 0 Å². The van der Waals surface area contributed by atoms with E-state index < -0.39 is 28.8 Å². The van der Waals surface area contributed by atoms with E-state index in [1.807, 2.05) is 18.2 Å². The molecule has 6 rings (SSSR count). The number of piperidine rings is 1. The Morgan fingerprint density at radius 1 is 1.02 bits per heavy atom. The van der Waals surface area contributed by atoms with Crippen LogP contribution in [0.5, 0.6) is 0 Å². The second kappa shape index (κ2) is 11.8. The maximum Gasteiger partial charge on any atom is 0.193 e. The van der Waals surface area contributed by atoms with E-state index in [9.17, 15) is 23.8 Å². The lowest BCUT2D eigenvalue weighted by Crippen LogP contribution is -2.53. The Labute approximate surface area is 237 Å². The minimum atomic E-state index is -1.05. The lowest BCUT2D eigenvalue weighted by Gasteiger charge is -2.46. The Morgan fingerprint density at radius 3 is 2.55 bits per heavy atom. The average Bonchev–Trinajstić information content (AvgIpc) is 3.18. The van der Waals surface area contributed by atoms with Crippen molar-refractivity contribution in [1.82, 2.24) is 4.90 Å². The average molecular weight is 552 g/mol. The van der Waals surface area contributed by atoms with E-state index in [2.05, 4.69) is 24.8 Å². The van der Waals surface area contributed by atoms with Gasteiger partial charge in [0.15, 0.2) is 17.4 Å². The van der Waals surface area contributed by atoms with E-state index in [1.165, 1.54) is 18.1 Å². The van der Waals surface area contributed by atoms with Crippen molar-refractivity contribution in [2.75, 3.05) is 19.6 Å². The van der Waals surface area contributed by atoms with Gasteiger partial charge in [0.25, 0.3) is 0 Å². The molecule has 3 aliphatic carbocycles. The largest absolute Gasteiger partial charge is 0.393 e. The van der Waals surface area contributed by atoms with E-state index in [4.69, 9.17) is 0 Å². The summed E-state index contributed by atoms with van der Waals surface area (Å²) < 4.78 is 27.9. The number of likely N-dealkylation sites (tertiary alicyclic amines) is 1. The standard InChI is InChI=1S/C34H43F2NO3/c1-23-7-6-15-33(2)29(14-16-34(33,40)22-37-17-4-3-5-18-37)27-12-9-24(19-26(38)11-8-23)20-28(27)32(39)25-10-13-30(35)31(36)21-25/h7,9-10,12-13,20-21,26,29,38,40H,3-6,8,11,14-19,22H2,1-2H3/t26-,29-,33-,34+/m0/s1. The lowest BCUT2D eigenvalue weighted by atomic mass is 9.64. The number of nitrogens with zero attached hydrogens (tertiary/aromatic N) is 1. The number of aliphatic hydroxyl groups is 2. The maximum atomic E-state index is 14.2. The van der Waals surface area contributed by atoms with E-state index in [0.717, 1.165) is 74.9 Å². The van der Waals surface area contributed by atoms with Crippen molar-refractivity contribution in [1.29, 1.82) is 0 Å². The summed E-state index contributed by atoms with van der Waals surface area (Å²) in [4.78, 5) is 16.3. The molecule has 4 nitrogen and oxygen atoms in total. The summed E-state index contributed by atoms with van der Waals surface area (Å²) in [7, 11) is 0. The second-order valence-corrected chi connectivity index (χ2v) is 12.7. The number of fused-ring (bicyclic) bond motifs is 8. The summed E-state index contributed by atoms with van der Waals surface area (Å²) in [5.41, 5.74) is 2.09. The van der Waals surface area contributed by atoms with Gasteiger partial charge in [-0.3, -0.25) is 4.79 Å². The first kappa shape index (κ1) is 29.1. The van der Waals surface area contributed by atoms with E-state index in [1.54, 1.807) is 0 Å². The first-order valence-electron chi connectivity index (χ1n) is 15.0. The highest BCUT2D eigenvalue weighted by atomic mass is 19.2. The van der Waals surface area contributed by atoms with Crippen molar-refractivity contribution in [3.8, 4) is 0 Å². The smallest absolute Gasteiger partial charge is 0.193 e. The summed E-state index contributed by atoms with van der Waals surface area (Å²) in [6.07, 6.45) is 10.0. The second-order valence-electron chi connectivity index (χ2n) is 12.7. The zero-order chi connectivity index (χ0) is 28.5. The number of β-amino-alcohol motifs (C(OH)–C–C–N with tert-alkyl or cyclic N) is 1. The van der Waals surface area contributed by atoms with Crippen molar-refractivity contribution in [3.63, 3.8) is 0 Å². The highest BCUT2D eigenvalue weighted by Gasteiger charge is 2.57. The third-order valence-electron chi connectivity index (χ3n) is 10.0. The molecule has 2 aromatic carbocycles. The van der Waals surface area contributed by atoms with Crippen LogP contribution in [0.1, 0.15) is 105 Å². The van der Waals surface area contributed by atoms with Gasteiger partial charge in [0.2, 0.25) is 0 Å². The normalized spacial score (nSPS) is 30.0. The quantitative estimate of drug-likeness (QED) is 0.327. The molecule has 1 aliphatic heterocycles. The van der Waals surface area contributed by atoms with Gasteiger partial charge >= 0.3 is 0 Å². The predicted molar refractivity (Wildman–Crippen MR) is 153 cm³/mol. The molecule has 2 N–H and O–H groups in total. The number of rotatable bonds is 4. The Balaban J connectivity index is 1.60. The SMILES string of the molecule is CC1=CCC[C@@]2(C)[C@@H](CC[C@@]2(O)CN2CCCCC2)c2ccc(cc2C(=O)c2ccc(F)c(F)c2)C[C@@H](O)CC1. The van der Waals surface area contributed by atoms with Crippen molar-refractivity contribution in [2.24, 2.45) is 5.41 Å². The van der Waals surface area contributed by atoms with Gasteiger partial charge in [0, 0.05) is 23.1 Å². The van der Waals surface area contributed by atoms with Crippen LogP contribution in [0.15, 0.2) is 48.0 Å². The number of benzene rings is 2. The minimum absolute atomic E-state index is 0.0813. The molecular weight excluding hydrogens is 508 g/mol. The molecule has 6 heteroatoms. The van der Waals surface area contributed by atoms with Crippen molar-refractivity contribution in [2.45, 2.75) is 95.7 Å². The molecule has 2 aromatic rings. The monoisotopic (exact) mass is 551 g/mol. The molecule has 0 spiro atoms. The van der Waals surface area contributed by atoms with Crippen molar-refractivity contribution >= 4 is 5.78 Å². The first-order valence-corrected chi connectivity index (χ1v) is 15.0. The highest BCUT2D eigenvalue weighted by molar-refractivity contribution is 6.10. The molecule has 1 saturated heterocycles. The number of hydrogen-bond acceptors (Lipinski definition) is 4. The molecule has 1 saturated carbocycles. The van der Waals surface area contributed by atoms with Crippen LogP contribution in [0.3, 0.4) is 0 Å². The number of allylic oxidation sites excluding steroid dienone is 2. The topological polar surface area (TPSA) is 60.8 Å². The van der Waals surface area contributed by atoms with Gasteiger partial charge in [-0.05, 0) is 119 Å². The molecule has 4 aliphatic rings. The fraction of sp³-hybridized carbons (Fsp3) is 0.559. The zero-order valence-electron chi connectivity index (χ0n) is 23.9. The van der Waals surface area contributed by atoms with Crippen LogP contribution >= 0.6 is 0 Å². The third-order valence-corrected chi connectivity index (χ3v) is 10.0. The molecule has 40 heavy (non-hydrogen) atoms. The van der Waals surface area contributed by atoms with E-state index >= 15 is 0 Å². The molecule has 0 unspecified atom stereocenters. The van der Waals surface area contributed by atoms with Gasteiger partial charge in [0.1, 0.15) is 0 Å². The number of ketones is 1. The molecule has 0 amide bonds. The summed E-state index contributed by atoms with van der Waals surface area (Å²) in [6, 6.07) is 9.09. The summed E-state index contributed by atoms with van der Waals surface area (Å²) in [5, 5.41) is 23.2.